The minimum absolute atomic E-state index is 0.0310. The van der Waals surface area contributed by atoms with Crippen LogP contribution in [0.1, 0.15) is 30.6 Å². The van der Waals surface area contributed by atoms with Gasteiger partial charge in [-0.3, -0.25) is 19.3 Å². The summed E-state index contributed by atoms with van der Waals surface area (Å²) in [5.74, 6) is -1.31. The molecule has 5 heteroatoms. The first kappa shape index (κ1) is 13.9. The Hall–Kier alpha value is -1.49. The van der Waals surface area contributed by atoms with Gasteiger partial charge in [0.25, 0.3) is 11.7 Å². The van der Waals surface area contributed by atoms with Crippen LogP contribution >= 0.6 is 15.9 Å². The van der Waals surface area contributed by atoms with Crippen molar-refractivity contribution >= 4 is 39.1 Å². The number of hydrogen-bond acceptors (Lipinski definition) is 3. The van der Waals surface area contributed by atoms with E-state index in [1.807, 2.05) is 13.8 Å². The fraction of sp³-hybridized carbons (Fsp3) is 0.357. The number of benzene rings is 1. The first-order valence-electron chi connectivity index (χ1n) is 6.14. The quantitative estimate of drug-likeness (QED) is 0.800. The molecule has 100 valence electrons. The fourth-order valence-electron chi connectivity index (χ4n) is 1.96. The third-order valence-electron chi connectivity index (χ3n) is 3.41. The molecule has 0 saturated carbocycles. The molecule has 0 radical (unpaired) electrons. The second-order valence-corrected chi connectivity index (χ2v) is 5.57. The van der Waals surface area contributed by atoms with Crippen LogP contribution in [-0.4, -0.2) is 24.0 Å². The largest absolute Gasteiger partial charge is 0.299 e. The molecule has 0 aliphatic carbocycles. The Morgan fingerprint density at radius 3 is 2.68 bits per heavy atom. The maximum Gasteiger partial charge on any atom is 0.299 e. The molecule has 1 heterocycles. The number of hydrogen-bond donors (Lipinski definition) is 0. The van der Waals surface area contributed by atoms with E-state index < -0.39 is 11.7 Å². The summed E-state index contributed by atoms with van der Waals surface area (Å²) in [5, 5.41) is 0. The monoisotopic (exact) mass is 323 g/mol. The van der Waals surface area contributed by atoms with Gasteiger partial charge in [-0.05, 0) is 24.6 Å². The van der Waals surface area contributed by atoms with Crippen molar-refractivity contribution in [1.82, 2.24) is 0 Å². The highest BCUT2D eigenvalue weighted by Gasteiger charge is 2.37. The second kappa shape index (κ2) is 5.25. The number of carbonyl (C=O) groups is 3. The molecule has 0 aromatic heterocycles. The number of nitrogens with zero attached hydrogens (tertiary/aromatic N) is 1. The average molecular weight is 324 g/mol. The molecule has 1 aromatic rings. The van der Waals surface area contributed by atoms with Gasteiger partial charge >= 0.3 is 0 Å². The highest BCUT2D eigenvalue weighted by atomic mass is 79.9. The molecule has 1 atom stereocenters. The summed E-state index contributed by atoms with van der Waals surface area (Å²) >= 11 is 3.31. The summed E-state index contributed by atoms with van der Waals surface area (Å²) in [6.07, 6.45) is 0.722. The van der Waals surface area contributed by atoms with Crippen molar-refractivity contribution in [2.24, 2.45) is 5.92 Å². The third kappa shape index (κ3) is 2.47. The lowest BCUT2D eigenvalue weighted by Gasteiger charge is -2.17. The Balaban J connectivity index is 2.33. The number of fused-ring (bicyclic) bond motifs is 1. The van der Waals surface area contributed by atoms with E-state index in [-0.39, 0.29) is 18.2 Å². The highest BCUT2D eigenvalue weighted by Crippen LogP contribution is 2.31. The molecule has 2 rings (SSSR count). The Morgan fingerprint density at radius 1 is 1.37 bits per heavy atom. The van der Waals surface area contributed by atoms with Gasteiger partial charge in [-0.15, -0.1) is 0 Å². The number of halogens is 1. The van der Waals surface area contributed by atoms with Gasteiger partial charge in [-0.1, -0.05) is 29.8 Å². The minimum Gasteiger partial charge on any atom is -0.297 e. The van der Waals surface area contributed by atoms with Gasteiger partial charge in [0.2, 0.25) is 0 Å². The number of rotatable bonds is 4. The van der Waals surface area contributed by atoms with Crippen LogP contribution in [0.3, 0.4) is 0 Å². The Kier molecular flexibility index (Phi) is 3.85. The molecule has 1 aliphatic heterocycles. The summed E-state index contributed by atoms with van der Waals surface area (Å²) in [5.41, 5.74) is 0.881. The SMILES string of the molecule is CCC(C)C(=O)CN1C(=O)C(=O)c2ccc(Br)cc21. The van der Waals surface area contributed by atoms with Gasteiger partial charge in [0.1, 0.15) is 0 Å². The molecule has 1 aromatic carbocycles. The van der Waals surface area contributed by atoms with Gasteiger partial charge in [-0.25, -0.2) is 0 Å². The lowest BCUT2D eigenvalue weighted by atomic mass is 10.0. The van der Waals surface area contributed by atoms with Crippen molar-refractivity contribution in [3.8, 4) is 0 Å². The number of amides is 1. The van der Waals surface area contributed by atoms with Gasteiger partial charge in [0.05, 0.1) is 17.8 Å². The molecular weight excluding hydrogens is 310 g/mol. The first-order chi connectivity index (χ1) is 8.95. The maximum absolute atomic E-state index is 12.0. The van der Waals surface area contributed by atoms with Crippen LogP contribution in [0.5, 0.6) is 0 Å². The van der Waals surface area contributed by atoms with Crippen molar-refractivity contribution in [2.75, 3.05) is 11.4 Å². The molecule has 19 heavy (non-hydrogen) atoms. The summed E-state index contributed by atoms with van der Waals surface area (Å²) in [4.78, 5) is 37.0. The smallest absolute Gasteiger partial charge is 0.297 e. The molecule has 0 spiro atoms. The lowest BCUT2D eigenvalue weighted by Crippen LogP contribution is -2.36. The third-order valence-corrected chi connectivity index (χ3v) is 3.90. The molecule has 0 bridgehead atoms. The summed E-state index contributed by atoms with van der Waals surface area (Å²) in [6.45, 7) is 3.71. The number of ketones is 2. The van der Waals surface area contributed by atoms with E-state index in [9.17, 15) is 14.4 Å². The zero-order valence-electron chi connectivity index (χ0n) is 10.8. The summed E-state index contributed by atoms with van der Waals surface area (Å²) in [6, 6.07) is 5.01. The average Bonchev–Trinajstić information content (AvgIpc) is 2.62. The van der Waals surface area contributed by atoms with Crippen LogP contribution in [0.15, 0.2) is 22.7 Å². The van der Waals surface area contributed by atoms with Crippen LogP contribution in [0.4, 0.5) is 5.69 Å². The predicted molar refractivity (Wildman–Crippen MR) is 75.3 cm³/mol. The minimum atomic E-state index is -0.621. The maximum atomic E-state index is 12.0. The topological polar surface area (TPSA) is 54.5 Å². The van der Waals surface area contributed by atoms with Gasteiger partial charge in [0, 0.05) is 10.4 Å². The zero-order valence-corrected chi connectivity index (χ0v) is 12.4. The second-order valence-electron chi connectivity index (χ2n) is 4.66. The highest BCUT2D eigenvalue weighted by molar-refractivity contribution is 9.10. The van der Waals surface area contributed by atoms with Crippen molar-refractivity contribution in [2.45, 2.75) is 20.3 Å². The van der Waals surface area contributed by atoms with E-state index in [2.05, 4.69) is 15.9 Å². The molecule has 0 N–H and O–H groups in total. The zero-order chi connectivity index (χ0) is 14.2. The fourth-order valence-corrected chi connectivity index (χ4v) is 2.31. The van der Waals surface area contributed by atoms with Crippen LogP contribution in [0.25, 0.3) is 0 Å². The van der Waals surface area contributed by atoms with Crippen LogP contribution in [0.2, 0.25) is 0 Å². The van der Waals surface area contributed by atoms with E-state index >= 15 is 0 Å². The van der Waals surface area contributed by atoms with Crippen LogP contribution < -0.4 is 4.90 Å². The molecule has 1 unspecified atom stereocenters. The first-order valence-corrected chi connectivity index (χ1v) is 6.93. The van der Waals surface area contributed by atoms with Crippen molar-refractivity contribution < 1.29 is 14.4 Å². The Labute approximate surface area is 119 Å². The predicted octanol–water partition coefficient (Wildman–Crippen LogP) is 2.59. The van der Waals surface area contributed by atoms with E-state index in [0.717, 1.165) is 10.9 Å². The standard InChI is InChI=1S/C14H14BrNO3/c1-3-8(2)12(17)7-16-11-6-9(15)4-5-10(11)13(18)14(16)19/h4-6,8H,3,7H2,1-2H3. The van der Waals surface area contributed by atoms with Gasteiger partial charge in [0.15, 0.2) is 5.78 Å². The molecule has 1 aliphatic rings. The number of anilines is 1. The number of carbonyl (C=O) groups excluding carboxylic acids is 3. The molecule has 4 nitrogen and oxygen atoms in total. The Bertz CT molecular complexity index is 568. The lowest BCUT2D eigenvalue weighted by molar-refractivity contribution is -0.123. The molecule has 1 amide bonds. The van der Waals surface area contributed by atoms with Crippen molar-refractivity contribution in [3.63, 3.8) is 0 Å². The van der Waals surface area contributed by atoms with E-state index in [1.54, 1.807) is 18.2 Å². The molecular formula is C14H14BrNO3. The molecule has 0 fully saturated rings. The van der Waals surface area contributed by atoms with Crippen LogP contribution in [-0.2, 0) is 9.59 Å². The summed E-state index contributed by atoms with van der Waals surface area (Å²) in [7, 11) is 0. The van der Waals surface area contributed by atoms with E-state index in [0.29, 0.717) is 11.3 Å². The Morgan fingerprint density at radius 2 is 2.05 bits per heavy atom. The summed E-state index contributed by atoms with van der Waals surface area (Å²) < 4.78 is 0.773. The van der Waals surface area contributed by atoms with E-state index in [1.165, 1.54) is 4.90 Å². The van der Waals surface area contributed by atoms with Crippen molar-refractivity contribution in [1.29, 1.82) is 0 Å². The normalized spacial score (nSPS) is 15.6. The van der Waals surface area contributed by atoms with Crippen LogP contribution in [0, 0.1) is 5.92 Å². The van der Waals surface area contributed by atoms with Gasteiger partial charge in [-0.2, -0.15) is 0 Å². The molecule has 0 saturated heterocycles. The number of Topliss-reactive ketones (excluding diaryl/α,β-unsaturated/α-hetero) is 2. The van der Waals surface area contributed by atoms with Crippen molar-refractivity contribution in [3.05, 3.63) is 28.2 Å². The van der Waals surface area contributed by atoms with Gasteiger partial charge < -0.3 is 0 Å². The van der Waals surface area contributed by atoms with E-state index in [4.69, 9.17) is 0 Å².